The van der Waals surface area contributed by atoms with Crippen LogP contribution in [0.2, 0.25) is 0 Å². The third-order valence-corrected chi connectivity index (χ3v) is 9.47. The lowest BCUT2D eigenvalue weighted by atomic mass is 9.95. The molecule has 1 aliphatic rings. The topological polar surface area (TPSA) is 9.86 Å². The Bertz CT molecular complexity index is 2250. The van der Waals surface area contributed by atoms with Crippen molar-refractivity contribution in [1.29, 1.82) is 0 Å². The number of aryl methyl sites for hydroxylation is 1. The van der Waals surface area contributed by atoms with E-state index in [2.05, 4.69) is 155 Å². The third kappa shape index (κ3) is 3.88. The SMILES string of the molecule is c1ccc(-c2cc(-c3ccccc3)cc(-n3c4c(c5ccc6c(c7ccccc7n6-c6ccccc6)c53)CCCC4)c2)cc1. The molecule has 8 aromatic rings. The third-order valence-electron chi connectivity index (χ3n) is 9.47. The fourth-order valence-electron chi connectivity index (χ4n) is 7.55. The predicted molar refractivity (Wildman–Crippen MR) is 185 cm³/mol. The van der Waals surface area contributed by atoms with E-state index in [4.69, 9.17) is 0 Å². The van der Waals surface area contributed by atoms with Crippen molar-refractivity contribution in [1.82, 2.24) is 9.13 Å². The summed E-state index contributed by atoms with van der Waals surface area (Å²) in [4.78, 5) is 0. The average Bonchev–Trinajstić information content (AvgIpc) is 3.62. The fraction of sp³-hybridized carbons (Fsp3) is 0.0952. The Hall–Kier alpha value is -5.34. The molecule has 2 aromatic heterocycles. The van der Waals surface area contributed by atoms with Crippen LogP contribution in [0.4, 0.5) is 0 Å². The van der Waals surface area contributed by atoms with Gasteiger partial charge in [0.2, 0.25) is 0 Å². The molecule has 0 N–H and O–H groups in total. The van der Waals surface area contributed by atoms with Gasteiger partial charge in [-0.2, -0.15) is 0 Å². The first kappa shape index (κ1) is 25.2. The van der Waals surface area contributed by atoms with E-state index in [-0.39, 0.29) is 0 Å². The second kappa shape index (κ2) is 10.1. The normalized spacial score (nSPS) is 13.1. The standard InChI is InChI=1S/C42H32N2/c1-4-14-29(15-5-1)31-26-32(30-16-6-2-7-17-30)28-34(27-31)44-38-22-12-10-20-35(38)36-24-25-40-41(42(36)44)37-21-11-13-23-39(37)43(40)33-18-8-3-9-19-33/h1-9,11,13-19,21,23-28H,10,12,20,22H2. The molecule has 0 bridgehead atoms. The Kier molecular flexibility index (Phi) is 5.80. The largest absolute Gasteiger partial charge is 0.313 e. The van der Waals surface area contributed by atoms with Gasteiger partial charge in [-0.3, -0.25) is 0 Å². The van der Waals surface area contributed by atoms with E-state index in [0.717, 1.165) is 12.8 Å². The molecule has 0 aliphatic heterocycles. The molecule has 0 radical (unpaired) electrons. The summed E-state index contributed by atoms with van der Waals surface area (Å²) in [7, 11) is 0. The second-order valence-corrected chi connectivity index (χ2v) is 12.0. The number of benzene rings is 6. The molecule has 210 valence electrons. The van der Waals surface area contributed by atoms with Crippen molar-refractivity contribution < 1.29 is 0 Å². The molecule has 9 rings (SSSR count). The zero-order valence-corrected chi connectivity index (χ0v) is 24.6. The lowest BCUT2D eigenvalue weighted by molar-refractivity contribution is 0.667. The summed E-state index contributed by atoms with van der Waals surface area (Å²) in [5.41, 5.74) is 14.2. The summed E-state index contributed by atoms with van der Waals surface area (Å²) in [6.45, 7) is 0. The molecule has 1 aliphatic carbocycles. The molecular weight excluding hydrogens is 532 g/mol. The van der Waals surface area contributed by atoms with Gasteiger partial charge >= 0.3 is 0 Å². The predicted octanol–water partition coefficient (Wildman–Crippen LogP) is 10.9. The average molecular weight is 565 g/mol. The molecule has 0 saturated carbocycles. The minimum absolute atomic E-state index is 1.10. The number of hydrogen-bond acceptors (Lipinski definition) is 0. The zero-order chi connectivity index (χ0) is 29.0. The number of aromatic nitrogens is 2. The van der Waals surface area contributed by atoms with Gasteiger partial charge in [-0.1, -0.05) is 103 Å². The highest BCUT2D eigenvalue weighted by Crippen LogP contribution is 2.43. The van der Waals surface area contributed by atoms with Gasteiger partial charge in [0, 0.05) is 33.2 Å². The Morgan fingerprint density at radius 2 is 1.02 bits per heavy atom. The number of fused-ring (bicyclic) bond motifs is 7. The molecule has 0 amide bonds. The Morgan fingerprint density at radius 3 is 1.73 bits per heavy atom. The second-order valence-electron chi connectivity index (χ2n) is 12.0. The molecule has 44 heavy (non-hydrogen) atoms. The minimum Gasteiger partial charge on any atom is -0.313 e. The van der Waals surface area contributed by atoms with Crippen LogP contribution in [0, 0.1) is 0 Å². The van der Waals surface area contributed by atoms with Crippen LogP contribution in [-0.2, 0) is 12.8 Å². The summed E-state index contributed by atoms with van der Waals surface area (Å²) >= 11 is 0. The lowest BCUT2D eigenvalue weighted by Gasteiger charge is -2.18. The van der Waals surface area contributed by atoms with Gasteiger partial charge in [0.05, 0.1) is 16.6 Å². The molecule has 2 heteroatoms. The molecule has 6 aromatic carbocycles. The summed E-state index contributed by atoms with van der Waals surface area (Å²) in [6.07, 6.45) is 4.70. The quantitative estimate of drug-likeness (QED) is 0.201. The van der Waals surface area contributed by atoms with Gasteiger partial charge in [0.1, 0.15) is 0 Å². The van der Waals surface area contributed by atoms with Crippen molar-refractivity contribution in [2.24, 2.45) is 0 Å². The highest BCUT2D eigenvalue weighted by atomic mass is 15.0. The maximum Gasteiger partial charge on any atom is 0.0634 e. The van der Waals surface area contributed by atoms with Gasteiger partial charge in [-0.05, 0) is 96.0 Å². The van der Waals surface area contributed by atoms with E-state index in [1.807, 2.05) is 0 Å². The zero-order valence-electron chi connectivity index (χ0n) is 24.6. The van der Waals surface area contributed by atoms with E-state index in [9.17, 15) is 0 Å². The number of rotatable bonds is 4. The molecular formula is C42H32N2. The maximum absolute atomic E-state index is 2.63. The Balaban J connectivity index is 1.43. The molecule has 0 saturated heterocycles. The molecule has 2 nitrogen and oxygen atoms in total. The van der Waals surface area contributed by atoms with Crippen LogP contribution in [0.25, 0.3) is 66.3 Å². The van der Waals surface area contributed by atoms with E-state index < -0.39 is 0 Å². The van der Waals surface area contributed by atoms with Crippen LogP contribution in [0.5, 0.6) is 0 Å². The smallest absolute Gasteiger partial charge is 0.0634 e. The summed E-state index contributed by atoms with van der Waals surface area (Å²) in [5.74, 6) is 0. The van der Waals surface area contributed by atoms with Crippen LogP contribution in [0.3, 0.4) is 0 Å². The highest BCUT2D eigenvalue weighted by Gasteiger charge is 2.25. The van der Waals surface area contributed by atoms with Crippen LogP contribution in [-0.4, -0.2) is 9.13 Å². The molecule has 2 heterocycles. The van der Waals surface area contributed by atoms with Crippen molar-refractivity contribution in [3.8, 4) is 33.6 Å². The van der Waals surface area contributed by atoms with Crippen molar-refractivity contribution in [3.63, 3.8) is 0 Å². The highest BCUT2D eigenvalue weighted by molar-refractivity contribution is 6.21. The maximum atomic E-state index is 2.63. The molecule has 0 spiro atoms. The Morgan fingerprint density at radius 1 is 0.409 bits per heavy atom. The lowest BCUT2D eigenvalue weighted by Crippen LogP contribution is -2.07. The number of hydrogen-bond donors (Lipinski definition) is 0. The summed E-state index contributed by atoms with van der Waals surface area (Å²) in [6, 6.07) is 53.3. The van der Waals surface area contributed by atoms with E-state index in [1.54, 1.807) is 0 Å². The first-order chi connectivity index (χ1) is 21.8. The van der Waals surface area contributed by atoms with Crippen molar-refractivity contribution >= 4 is 32.7 Å². The van der Waals surface area contributed by atoms with Gasteiger partial charge in [-0.25, -0.2) is 0 Å². The van der Waals surface area contributed by atoms with Crippen LogP contribution >= 0.6 is 0 Å². The summed E-state index contributed by atoms with van der Waals surface area (Å²) < 4.78 is 5.07. The molecule has 0 unspecified atom stereocenters. The molecule has 0 fully saturated rings. The van der Waals surface area contributed by atoms with Crippen LogP contribution < -0.4 is 0 Å². The van der Waals surface area contributed by atoms with E-state index >= 15 is 0 Å². The first-order valence-corrected chi connectivity index (χ1v) is 15.8. The fourth-order valence-corrected chi connectivity index (χ4v) is 7.55. The van der Waals surface area contributed by atoms with Gasteiger partial charge in [0.15, 0.2) is 0 Å². The minimum atomic E-state index is 1.10. The Labute approximate surface area is 257 Å². The van der Waals surface area contributed by atoms with Crippen LogP contribution in [0.15, 0.2) is 146 Å². The van der Waals surface area contributed by atoms with Gasteiger partial charge < -0.3 is 9.13 Å². The van der Waals surface area contributed by atoms with Crippen molar-refractivity contribution in [2.75, 3.05) is 0 Å². The van der Waals surface area contributed by atoms with Crippen LogP contribution in [0.1, 0.15) is 24.1 Å². The van der Waals surface area contributed by atoms with Crippen molar-refractivity contribution in [2.45, 2.75) is 25.7 Å². The van der Waals surface area contributed by atoms with Crippen molar-refractivity contribution in [3.05, 3.63) is 157 Å². The first-order valence-electron chi connectivity index (χ1n) is 15.8. The summed E-state index contributed by atoms with van der Waals surface area (Å²) in [5, 5.41) is 4.04. The van der Waals surface area contributed by atoms with Gasteiger partial charge in [-0.15, -0.1) is 0 Å². The van der Waals surface area contributed by atoms with Gasteiger partial charge in [0.25, 0.3) is 0 Å². The van der Waals surface area contributed by atoms with E-state index in [0.29, 0.717) is 0 Å². The monoisotopic (exact) mass is 564 g/mol. The molecule has 0 atom stereocenters. The number of para-hydroxylation sites is 2. The number of nitrogens with zero attached hydrogens (tertiary/aromatic N) is 2. The van der Waals surface area contributed by atoms with E-state index in [1.165, 1.54) is 90.4 Å².